The van der Waals surface area contributed by atoms with Gasteiger partial charge < -0.3 is 74.0 Å². The summed E-state index contributed by atoms with van der Waals surface area (Å²) in [6.45, 7) is 38.5. The molecule has 6 N–H and O–H groups in total. The lowest BCUT2D eigenvalue weighted by Gasteiger charge is -2.38. The van der Waals surface area contributed by atoms with E-state index in [9.17, 15) is 48.9 Å². The highest BCUT2D eigenvalue weighted by atomic mass is 16.6. The van der Waals surface area contributed by atoms with Gasteiger partial charge in [-0.25, -0.2) is 24.0 Å². The molecule has 6 aromatic rings. The molecule has 0 spiro atoms. The van der Waals surface area contributed by atoms with Crippen molar-refractivity contribution in [2.24, 2.45) is 84.6 Å². The molecule has 3 amide bonds. The minimum atomic E-state index is -1.14. The zero-order chi connectivity index (χ0) is 108. The number of azide groups is 5. The Labute approximate surface area is 869 Å². The summed E-state index contributed by atoms with van der Waals surface area (Å²) >= 11 is 0. The van der Waals surface area contributed by atoms with E-state index in [-0.39, 0.29) is 80.7 Å². The van der Waals surface area contributed by atoms with Crippen molar-refractivity contribution < 1.29 is 87.1 Å². The highest BCUT2D eigenvalue weighted by molar-refractivity contribution is 5.81. The van der Waals surface area contributed by atoms with Crippen LogP contribution in [0.2, 0.25) is 0 Å². The molecule has 0 aromatic heterocycles. The van der Waals surface area contributed by atoms with Crippen molar-refractivity contribution in [3.63, 3.8) is 0 Å². The molecule has 7 aliphatic heterocycles. The number of hydrogen-bond acceptors (Lipinski definition) is 28. The normalized spacial score (nSPS) is 22.9. The zero-order valence-electron chi connectivity index (χ0n) is 88.1. The van der Waals surface area contributed by atoms with Gasteiger partial charge in [0.25, 0.3) is 0 Å². The van der Waals surface area contributed by atoms with Crippen molar-refractivity contribution in [3.05, 3.63) is 268 Å². The van der Waals surface area contributed by atoms with Crippen molar-refractivity contribution >= 4 is 42.2 Å². The molecule has 806 valence electrons. The molecule has 7 heterocycles. The highest BCUT2D eigenvalue weighted by Gasteiger charge is 2.41. The Balaban J connectivity index is 0.000000238. The van der Waals surface area contributed by atoms with Crippen LogP contribution < -0.4 is 5.73 Å². The number of piperidine rings is 7. The average molecular weight is 2050 g/mol. The lowest BCUT2D eigenvalue weighted by Crippen LogP contribution is -2.48. The van der Waals surface area contributed by atoms with Crippen LogP contribution in [0.1, 0.15) is 181 Å². The molecule has 13 rings (SSSR count). The quantitative estimate of drug-likeness (QED) is 0.0100. The SMILES string of the molecule is CC(=O)O[C@@H](C(=O)O[C@@H]1CN(Cc2ccccc2)CC[C@H]1CN=[N+]=[N-])c1ccccc1.CC(=O)O[C@@H](C(=O)O[C@H]1CN(Cc2ccccc2)CC[C@@H]1CN=[N+]=[N-])c1ccccc1.CC(C)(C)OC(=O)N1CC[C@H](CN=[N+]=[N-])[C@@H](O)C1.C[C@H]1CN(C(=O)OC(C)(C)C)CC[C@@H]1CN.C[C@H]1CN(C(=O)OC(C)(C)C)CC[C@@H]1CN=[N+]=[N-].OC[C@H]1CCN(Cc2ccccc2)C[C@@H]1O.[N-]=[N+]=NC[C@H]1CCN(Cc2ccccc2)C[C@@H]1O. The number of nitrogens with zero attached hydrogens (tertiary/aromatic N) is 22. The average Bonchev–Trinajstić information content (AvgIpc) is 0.830. The van der Waals surface area contributed by atoms with Gasteiger partial charge in [0, 0.05) is 192 Å². The van der Waals surface area contributed by atoms with Gasteiger partial charge in [-0.3, -0.25) is 29.2 Å². The Morgan fingerprint density at radius 3 is 0.872 bits per heavy atom. The number of likely N-dealkylation sites (tertiary alicyclic amines) is 7. The molecule has 41 heteroatoms. The second-order valence-electron chi connectivity index (χ2n) is 41.4. The summed E-state index contributed by atoms with van der Waals surface area (Å²) in [7, 11) is 0. The van der Waals surface area contributed by atoms with Crippen LogP contribution in [0.5, 0.6) is 0 Å². The van der Waals surface area contributed by atoms with Crippen molar-refractivity contribution in [1.82, 2.24) is 34.3 Å². The van der Waals surface area contributed by atoms with Crippen LogP contribution >= 0.6 is 0 Å². The molecule has 7 saturated heterocycles. The zero-order valence-corrected chi connectivity index (χ0v) is 88.1. The number of nitrogens with two attached hydrogens (primary N) is 1. The third-order valence-corrected chi connectivity index (χ3v) is 26.2. The van der Waals surface area contributed by atoms with Crippen LogP contribution in [0.4, 0.5) is 14.4 Å². The van der Waals surface area contributed by atoms with E-state index < -0.39 is 83.4 Å². The predicted octanol–water partition coefficient (Wildman–Crippen LogP) is 18.1. The first kappa shape index (κ1) is 122. The van der Waals surface area contributed by atoms with E-state index in [1.54, 1.807) is 79.1 Å². The molecule has 148 heavy (non-hydrogen) atoms. The Morgan fingerprint density at radius 2 is 0.601 bits per heavy atom. The number of esters is 4. The third-order valence-electron chi connectivity index (χ3n) is 26.2. The maximum absolute atomic E-state index is 13.0. The molecule has 0 bridgehead atoms. The van der Waals surface area contributed by atoms with Crippen LogP contribution in [0.15, 0.2) is 208 Å². The molecule has 0 aliphatic carbocycles. The summed E-state index contributed by atoms with van der Waals surface area (Å²) in [5, 5.41) is 56.8. The standard InChI is InChI=1S/2C23H26N4O4.C13H18N4O.C13H19NO2.C12H22N4O2.C12H24N2O2.C11H20N4O3/c2*1-17(28)30-22(19-10-6-3-7-11-19)23(29)31-21-16-27(13-12-20(21)14-25-26-24)15-18-8-4-2-5-9-18;14-16-15-8-12-6-7-17(10-13(12)18)9-11-4-2-1-3-5-11;15-10-12-6-7-14(9-13(12)16)8-11-4-2-1-3-5-11;1-9-8-16(11(17)18-12(2,3)4)6-5-10(9)7-14-15-13;1-9-8-14(6-5-10(9)7-13)11(15)16-12(2,3)4;1-11(2,3)18-10(17)15-5-4-8(6-13-14-12)9(16)7-15/h2*2-11,20-22H,12-16H2,1H3;1-5,12-13,18H,6-10H2;1-5,12-13,15-16H,6-10H2;9-10H,5-8H2,1-4H3;9-10H,5-8,13H2,1-4H3;8-9,16H,4-7H2,1-3H3/t20-,21+,22+;20-,21+,22-;2*12-,13+;2*9-,10+;8-,9+/m0111001/s1. The second kappa shape index (κ2) is 64.5. The van der Waals surface area contributed by atoms with Crippen LogP contribution in [0.3, 0.4) is 0 Å². The van der Waals surface area contributed by atoms with Gasteiger partial charge >= 0.3 is 42.2 Å². The summed E-state index contributed by atoms with van der Waals surface area (Å²) in [6.07, 6.45) is 0.136. The van der Waals surface area contributed by atoms with Gasteiger partial charge in [-0.15, -0.1) is 0 Å². The van der Waals surface area contributed by atoms with Gasteiger partial charge in [-0.05, 0) is 225 Å². The number of aliphatic hydroxyl groups excluding tert-OH is 4. The first-order valence-corrected chi connectivity index (χ1v) is 51.0. The van der Waals surface area contributed by atoms with Crippen molar-refractivity contribution in [1.29, 1.82) is 0 Å². The number of rotatable bonds is 28. The van der Waals surface area contributed by atoms with Crippen molar-refractivity contribution in [2.45, 2.75) is 221 Å². The number of aliphatic hydroxyl groups is 4. The molecule has 0 radical (unpaired) electrons. The lowest BCUT2D eigenvalue weighted by molar-refractivity contribution is -0.175. The number of carbonyl (C=O) groups is 7. The van der Waals surface area contributed by atoms with Gasteiger partial charge in [0.1, 0.15) is 29.0 Å². The molecule has 0 unspecified atom stereocenters. The van der Waals surface area contributed by atoms with Crippen molar-refractivity contribution in [2.75, 3.05) is 138 Å². The molecule has 16 atom stereocenters. The van der Waals surface area contributed by atoms with E-state index in [0.29, 0.717) is 107 Å². The van der Waals surface area contributed by atoms with Gasteiger partial charge in [0.2, 0.25) is 12.2 Å². The monoisotopic (exact) mass is 2050 g/mol. The summed E-state index contributed by atoms with van der Waals surface area (Å²) in [4.78, 5) is 113. The number of hydrogen-bond donors (Lipinski definition) is 5. The minimum Gasteiger partial charge on any atom is -0.458 e. The fourth-order valence-electron chi connectivity index (χ4n) is 18.1. The topological polar surface area (TPSA) is 558 Å². The summed E-state index contributed by atoms with van der Waals surface area (Å²) in [6, 6.07) is 58.2. The molecule has 7 aliphatic rings. The first-order chi connectivity index (χ1) is 70.7. The Hall–Kier alpha value is -12.8. The van der Waals surface area contributed by atoms with Gasteiger partial charge in [0.15, 0.2) is 0 Å². The van der Waals surface area contributed by atoms with Gasteiger partial charge in [-0.1, -0.05) is 221 Å². The highest BCUT2D eigenvalue weighted by Crippen LogP contribution is 2.33. The Bertz CT molecular complexity index is 5000. The number of ether oxygens (including phenoxy) is 7. The summed E-state index contributed by atoms with van der Waals surface area (Å²) < 4.78 is 38.2. The molecular formula is C107H155N23O18. The van der Waals surface area contributed by atoms with Crippen LogP contribution in [0.25, 0.3) is 52.2 Å². The number of carbonyl (C=O) groups excluding carboxylic acids is 7. The first-order valence-electron chi connectivity index (χ1n) is 51.0. The molecule has 41 nitrogen and oxygen atoms in total. The van der Waals surface area contributed by atoms with E-state index in [4.69, 9.17) is 71.7 Å². The molecular weight excluding hydrogens is 1900 g/mol. The smallest absolute Gasteiger partial charge is 0.410 e. The van der Waals surface area contributed by atoms with E-state index in [0.717, 1.165) is 104 Å². The third kappa shape index (κ3) is 45.9. The Kier molecular flexibility index (Phi) is 53.2. The van der Waals surface area contributed by atoms with Crippen LogP contribution in [0, 0.1) is 53.3 Å². The summed E-state index contributed by atoms with van der Waals surface area (Å²) in [5.41, 5.74) is 52.6. The largest absolute Gasteiger partial charge is 0.458 e. The van der Waals surface area contributed by atoms with Crippen LogP contribution in [-0.4, -0.2) is 282 Å². The fourth-order valence-corrected chi connectivity index (χ4v) is 18.1. The minimum absolute atomic E-state index is 0.0621. The van der Waals surface area contributed by atoms with Gasteiger partial charge in [-0.2, -0.15) is 0 Å². The number of β-amino-alcohol motifs (C(OH)–C–C–N with tert-alkyl or cyclic N) is 3. The molecule has 0 saturated carbocycles. The van der Waals surface area contributed by atoms with Crippen LogP contribution in [-0.2, 0) is 78.5 Å². The van der Waals surface area contributed by atoms with Crippen molar-refractivity contribution in [3.8, 4) is 0 Å². The van der Waals surface area contributed by atoms with E-state index in [1.165, 1.54) is 41.0 Å². The predicted molar refractivity (Wildman–Crippen MR) is 561 cm³/mol. The number of amides is 3. The molecule has 7 fully saturated rings. The van der Waals surface area contributed by atoms with E-state index in [1.807, 2.05) is 126 Å². The van der Waals surface area contributed by atoms with E-state index in [2.05, 4.69) is 132 Å². The second-order valence-corrected chi connectivity index (χ2v) is 41.4. The molecule has 6 aromatic carbocycles. The maximum atomic E-state index is 13.0. The number of benzene rings is 6. The van der Waals surface area contributed by atoms with E-state index >= 15 is 0 Å². The summed E-state index contributed by atoms with van der Waals surface area (Å²) in [5.74, 6) is -0.795. The Morgan fingerprint density at radius 1 is 0.351 bits per heavy atom. The maximum Gasteiger partial charge on any atom is 0.410 e. The lowest BCUT2D eigenvalue weighted by atomic mass is 9.87. The van der Waals surface area contributed by atoms with Gasteiger partial charge in [0.05, 0.1) is 24.9 Å². The fraction of sp³-hybridized carbons (Fsp3) is 0.598.